The van der Waals surface area contributed by atoms with Gasteiger partial charge in [0.05, 0.1) is 5.75 Å². The number of hydrogen-bond acceptors (Lipinski definition) is 3. The minimum atomic E-state index is -3.16. The van der Waals surface area contributed by atoms with E-state index >= 15 is 0 Å². The second-order valence-electron chi connectivity index (χ2n) is 4.53. The minimum Gasteiger partial charge on any atom is -0.396 e. The fourth-order valence-corrected chi connectivity index (χ4v) is 3.23. The van der Waals surface area contributed by atoms with Gasteiger partial charge in [0.25, 0.3) is 0 Å². The van der Waals surface area contributed by atoms with Crippen LogP contribution in [0.1, 0.15) is 32.6 Å². The zero-order valence-corrected chi connectivity index (χ0v) is 10.1. The van der Waals surface area contributed by atoms with Crippen molar-refractivity contribution < 1.29 is 13.5 Å². The first-order valence-corrected chi connectivity index (χ1v) is 7.27. The summed E-state index contributed by atoms with van der Waals surface area (Å²) in [6, 6.07) is 0. The van der Waals surface area contributed by atoms with Crippen LogP contribution in [0.4, 0.5) is 0 Å². The summed E-state index contributed by atoms with van der Waals surface area (Å²) in [5, 5.41) is 8.55. The highest BCUT2D eigenvalue weighted by Gasteiger charge is 2.22. The molecule has 2 N–H and O–H groups in total. The van der Waals surface area contributed by atoms with Gasteiger partial charge in [-0.2, -0.15) is 0 Å². The number of aliphatic hydroxyl groups is 1. The maximum atomic E-state index is 11.4. The highest BCUT2D eigenvalue weighted by Crippen LogP contribution is 2.29. The molecule has 0 saturated heterocycles. The third-order valence-corrected chi connectivity index (χ3v) is 4.40. The highest BCUT2D eigenvalue weighted by atomic mass is 32.2. The number of hydrogen-bond donors (Lipinski definition) is 2. The Balaban J connectivity index is 2.24. The van der Waals surface area contributed by atoms with Crippen LogP contribution in [-0.4, -0.2) is 32.4 Å². The molecule has 0 radical (unpaired) electrons. The van der Waals surface area contributed by atoms with Gasteiger partial charge in [0.15, 0.2) is 0 Å². The van der Waals surface area contributed by atoms with E-state index in [-0.39, 0.29) is 12.4 Å². The standard InChI is InChI=1S/C10H21NO3S/c1-9-3-4-10(7-9)8-11-15(13,14)6-2-5-12/h9-12H,2-8H2,1H3. The molecule has 0 aromatic rings. The van der Waals surface area contributed by atoms with Gasteiger partial charge in [0.2, 0.25) is 10.0 Å². The molecular weight excluding hydrogens is 214 g/mol. The van der Waals surface area contributed by atoms with Crippen LogP contribution in [0.15, 0.2) is 0 Å². The predicted molar refractivity (Wildman–Crippen MR) is 60.0 cm³/mol. The van der Waals surface area contributed by atoms with E-state index in [4.69, 9.17) is 5.11 Å². The Labute approximate surface area is 92.1 Å². The molecule has 0 bridgehead atoms. The van der Waals surface area contributed by atoms with Gasteiger partial charge in [0.1, 0.15) is 0 Å². The zero-order chi connectivity index (χ0) is 11.3. The summed E-state index contributed by atoms with van der Waals surface area (Å²) in [5.41, 5.74) is 0. The summed E-state index contributed by atoms with van der Waals surface area (Å²) in [4.78, 5) is 0. The molecule has 0 aromatic heterocycles. The Kier molecular flexibility index (Phi) is 5.02. The molecule has 1 rings (SSSR count). The quantitative estimate of drug-likeness (QED) is 0.713. The summed E-state index contributed by atoms with van der Waals surface area (Å²) in [7, 11) is -3.16. The molecule has 1 saturated carbocycles. The number of sulfonamides is 1. The average molecular weight is 235 g/mol. The molecule has 0 aliphatic heterocycles. The van der Waals surface area contributed by atoms with E-state index < -0.39 is 10.0 Å². The van der Waals surface area contributed by atoms with Crippen molar-refractivity contribution in [3.05, 3.63) is 0 Å². The number of nitrogens with one attached hydrogen (secondary N) is 1. The van der Waals surface area contributed by atoms with E-state index in [1.54, 1.807) is 0 Å². The third kappa shape index (κ3) is 4.95. The maximum Gasteiger partial charge on any atom is 0.211 e. The van der Waals surface area contributed by atoms with Gasteiger partial charge in [0, 0.05) is 13.2 Å². The number of rotatable bonds is 6. The summed E-state index contributed by atoms with van der Waals surface area (Å²) in [6.07, 6.45) is 3.78. The van der Waals surface area contributed by atoms with Crippen LogP contribution in [-0.2, 0) is 10.0 Å². The van der Waals surface area contributed by atoms with Gasteiger partial charge in [-0.15, -0.1) is 0 Å². The lowest BCUT2D eigenvalue weighted by Gasteiger charge is -2.11. The molecule has 15 heavy (non-hydrogen) atoms. The second kappa shape index (κ2) is 5.82. The molecule has 4 nitrogen and oxygen atoms in total. The van der Waals surface area contributed by atoms with Crippen LogP contribution in [0.5, 0.6) is 0 Å². The van der Waals surface area contributed by atoms with Crippen molar-refractivity contribution in [2.75, 3.05) is 18.9 Å². The first kappa shape index (κ1) is 12.9. The maximum absolute atomic E-state index is 11.4. The first-order valence-electron chi connectivity index (χ1n) is 5.61. The number of aliphatic hydroxyl groups excluding tert-OH is 1. The van der Waals surface area contributed by atoms with Crippen LogP contribution in [0.25, 0.3) is 0 Å². The normalized spacial score (nSPS) is 27.1. The van der Waals surface area contributed by atoms with E-state index in [0.29, 0.717) is 18.9 Å². The van der Waals surface area contributed by atoms with Crippen molar-refractivity contribution in [1.82, 2.24) is 4.72 Å². The Morgan fingerprint density at radius 1 is 1.40 bits per heavy atom. The van der Waals surface area contributed by atoms with Crippen molar-refractivity contribution in [3.63, 3.8) is 0 Å². The second-order valence-corrected chi connectivity index (χ2v) is 6.46. The molecule has 0 aromatic carbocycles. The van der Waals surface area contributed by atoms with Gasteiger partial charge in [-0.05, 0) is 31.1 Å². The lowest BCUT2D eigenvalue weighted by atomic mass is 10.1. The highest BCUT2D eigenvalue weighted by molar-refractivity contribution is 7.89. The summed E-state index contributed by atoms with van der Waals surface area (Å²) < 4.78 is 25.4. The fraction of sp³-hybridized carbons (Fsp3) is 1.00. The van der Waals surface area contributed by atoms with Crippen molar-refractivity contribution >= 4 is 10.0 Å². The van der Waals surface area contributed by atoms with E-state index in [9.17, 15) is 8.42 Å². The van der Waals surface area contributed by atoms with Crippen molar-refractivity contribution in [2.45, 2.75) is 32.6 Å². The van der Waals surface area contributed by atoms with E-state index in [1.807, 2.05) is 0 Å². The van der Waals surface area contributed by atoms with Crippen molar-refractivity contribution in [2.24, 2.45) is 11.8 Å². The van der Waals surface area contributed by atoms with Crippen LogP contribution in [0.3, 0.4) is 0 Å². The average Bonchev–Trinajstić information content (AvgIpc) is 2.59. The molecule has 1 aliphatic carbocycles. The molecule has 1 aliphatic rings. The smallest absolute Gasteiger partial charge is 0.211 e. The SMILES string of the molecule is CC1CCC(CNS(=O)(=O)CCCO)C1. The minimum absolute atomic E-state index is 0.0335. The Morgan fingerprint density at radius 2 is 2.13 bits per heavy atom. The molecule has 5 heteroatoms. The Hall–Kier alpha value is -0.130. The summed E-state index contributed by atoms with van der Waals surface area (Å²) in [6.45, 7) is 2.71. The van der Waals surface area contributed by atoms with Crippen molar-refractivity contribution in [3.8, 4) is 0 Å². The van der Waals surface area contributed by atoms with Crippen LogP contribution < -0.4 is 4.72 Å². The van der Waals surface area contributed by atoms with Crippen LogP contribution >= 0.6 is 0 Å². The largest absolute Gasteiger partial charge is 0.396 e. The summed E-state index contributed by atoms with van der Waals surface area (Å²) in [5.74, 6) is 1.27. The molecule has 0 heterocycles. The lowest BCUT2D eigenvalue weighted by molar-refractivity contribution is 0.295. The van der Waals surface area contributed by atoms with Crippen LogP contribution in [0, 0.1) is 11.8 Å². The predicted octanol–water partition coefficient (Wildman–Crippen LogP) is 0.724. The third-order valence-electron chi connectivity index (χ3n) is 2.97. The molecule has 1 fully saturated rings. The fourth-order valence-electron chi connectivity index (χ4n) is 2.08. The van der Waals surface area contributed by atoms with Gasteiger partial charge in [-0.3, -0.25) is 0 Å². The van der Waals surface area contributed by atoms with E-state index in [0.717, 1.165) is 18.8 Å². The first-order chi connectivity index (χ1) is 7.03. The van der Waals surface area contributed by atoms with Gasteiger partial charge >= 0.3 is 0 Å². The Morgan fingerprint density at radius 3 is 2.67 bits per heavy atom. The van der Waals surface area contributed by atoms with Gasteiger partial charge in [-0.25, -0.2) is 13.1 Å². The molecule has 0 spiro atoms. The molecular formula is C10H21NO3S. The summed E-state index contributed by atoms with van der Waals surface area (Å²) >= 11 is 0. The Bertz CT molecular complexity index is 276. The molecule has 2 atom stereocenters. The van der Waals surface area contributed by atoms with Gasteiger partial charge in [-0.1, -0.05) is 13.3 Å². The zero-order valence-electron chi connectivity index (χ0n) is 9.28. The monoisotopic (exact) mass is 235 g/mol. The van der Waals surface area contributed by atoms with Crippen LogP contribution in [0.2, 0.25) is 0 Å². The lowest BCUT2D eigenvalue weighted by Crippen LogP contribution is -2.30. The van der Waals surface area contributed by atoms with Crippen molar-refractivity contribution in [1.29, 1.82) is 0 Å². The molecule has 90 valence electrons. The molecule has 0 amide bonds. The van der Waals surface area contributed by atoms with E-state index in [2.05, 4.69) is 11.6 Å². The van der Waals surface area contributed by atoms with Gasteiger partial charge < -0.3 is 5.11 Å². The topological polar surface area (TPSA) is 66.4 Å². The molecule has 2 unspecified atom stereocenters. The van der Waals surface area contributed by atoms with E-state index in [1.165, 1.54) is 6.42 Å².